The number of aromatic nitrogens is 2. The number of carbonyl (C=O) groups excluding carboxylic acids is 1. The third kappa shape index (κ3) is 6.06. The average molecular weight is 618 g/mol. The van der Waals surface area contributed by atoms with Crippen molar-refractivity contribution in [3.63, 3.8) is 0 Å². The molecule has 1 aromatic heterocycles. The van der Waals surface area contributed by atoms with Gasteiger partial charge in [-0.15, -0.1) is 0 Å². The van der Waals surface area contributed by atoms with E-state index in [1.54, 1.807) is 25.2 Å². The lowest BCUT2D eigenvalue weighted by atomic mass is 9.49. The summed E-state index contributed by atoms with van der Waals surface area (Å²) in [7, 11) is -2.25. The minimum absolute atomic E-state index is 0.0151. The average Bonchev–Trinajstić information content (AvgIpc) is 2.92. The number of hydrogen-bond acceptors (Lipinski definition) is 7. The standard InChI is InChI=1S/C34H43N5O4S/c1-21(2)12-26-20-43-30-14-29(31-22(3)8-6-9-23(31)4)36-33(37-30)38-44(41,42)28-11-7-10-24(13-28)19-39(26)27-17-34(18-27)15-25(16-34)32(40)35-5/h6-11,13-14,21,25-27H,12,15-20H2,1-5H3,(H,35,40)(H,36,37,38)/t25?,26-,27?,34?/m1/s1. The van der Waals surface area contributed by atoms with Crippen LogP contribution in [0.4, 0.5) is 5.95 Å². The summed E-state index contributed by atoms with van der Waals surface area (Å²) in [5.41, 5.74) is 4.77. The summed E-state index contributed by atoms with van der Waals surface area (Å²) < 4.78 is 36.3. The Morgan fingerprint density at radius 1 is 1.07 bits per heavy atom. The van der Waals surface area contributed by atoms with E-state index in [0.29, 0.717) is 36.7 Å². The van der Waals surface area contributed by atoms with E-state index in [1.807, 2.05) is 44.2 Å². The fourth-order valence-electron chi connectivity index (χ4n) is 7.56. The molecule has 2 saturated carbocycles. The van der Waals surface area contributed by atoms with E-state index in [2.05, 4.69) is 38.8 Å². The van der Waals surface area contributed by atoms with Gasteiger partial charge in [-0.05, 0) is 86.1 Å². The molecule has 0 saturated heterocycles. The van der Waals surface area contributed by atoms with Crippen molar-refractivity contribution in [1.29, 1.82) is 0 Å². The van der Waals surface area contributed by atoms with Gasteiger partial charge in [0.15, 0.2) is 0 Å². The van der Waals surface area contributed by atoms with Crippen molar-refractivity contribution in [2.45, 2.75) is 83.3 Å². The molecule has 1 amide bonds. The van der Waals surface area contributed by atoms with Crippen LogP contribution in [0.2, 0.25) is 0 Å². The Bertz CT molecular complexity index is 1640. The fraction of sp³-hybridized carbons (Fsp3) is 0.500. The molecule has 44 heavy (non-hydrogen) atoms. The molecule has 4 bridgehead atoms. The third-order valence-corrected chi connectivity index (χ3v) is 11.0. The van der Waals surface area contributed by atoms with Gasteiger partial charge in [0.2, 0.25) is 17.7 Å². The summed E-state index contributed by atoms with van der Waals surface area (Å²) in [4.78, 5) is 24.1. The summed E-state index contributed by atoms with van der Waals surface area (Å²) in [6.45, 7) is 9.51. The highest BCUT2D eigenvalue weighted by atomic mass is 32.2. The highest BCUT2D eigenvalue weighted by molar-refractivity contribution is 7.92. The summed E-state index contributed by atoms with van der Waals surface area (Å²) in [6, 6.07) is 15.4. The number of benzene rings is 2. The van der Waals surface area contributed by atoms with Crippen molar-refractivity contribution >= 4 is 21.9 Å². The van der Waals surface area contributed by atoms with E-state index < -0.39 is 10.0 Å². The van der Waals surface area contributed by atoms with Gasteiger partial charge in [-0.3, -0.25) is 9.69 Å². The number of fused-ring (bicyclic) bond motifs is 4. The number of amides is 1. The molecule has 3 aliphatic rings. The molecule has 10 heteroatoms. The summed E-state index contributed by atoms with van der Waals surface area (Å²) in [6.07, 6.45) is 4.85. The molecule has 2 aliphatic carbocycles. The predicted octanol–water partition coefficient (Wildman–Crippen LogP) is 5.48. The lowest BCUT2D eigenvalue weighted by Gasteiger charge is -2.60. The third-order valence-electron chi connectivity index (χ3n) is 9.66. The maximum Gasteiger partial charge on any atom is 0.264 e. The minimum atomic E-state index is -3.96. The second-order valence-electron chi connectivity index (χ2n) is 13.5. The molecule has 2 aromatic carbocycles. The van der Waals surface area contributed by atoms with E-state index in [9.17, 15) is 13.2 Å². The first-order chi connectivity index (χ1) is 20.9. The number of sulfonamides is 1. The molecule has 1 aliphatic heterocycles. The normalized spacial score (nSPS) is 26.2. The largest absolute Gasteiger partial charge is 0.476 e. The Balaban J connectivity index is 1.38. The van der Waals surface area contributed by atoms with Crippen LogP contribution in [0.15, 0.2) is 53.4 Å². The fourth-order valence-corrected chi connectivity index (χ4v) is 8.57. The highest BCUT2D eigenvalue weighted by Crippen LogP contribution is 2.60. The second kappa shape index (κ2) is 11.8. The number of carbonyl (C=O) groups is 1. The molecule has 6 rings (SSSR count). The van der Waals surface area contributed by atoms with Crippen molar-refractivity contribution in [2.24, 2.45) is 17.3 Å². The maximum atomic E-state index is 13.6. The van der Waals surface area contributed by atoms with Crippen LogP contribution in [0.3, 0.4) is 0 Å². The zero-order chi connectivity index (χ0) is 31.2. The Labute approximate surface area is 260 Å². The molecule has 0 radical (unpaired) electrons. The molecular weight excluding hydrogens is 574 g/mol. The zero-order valence-corrected chi connectivity index (χ0v) is 27.1. The lowest BCUT2D eigenvalue weighted by molar-refractivity contribution is -0.145. The highest BCUT2D eigenvalue weighted by Gasteiger charge is 2.56. The number of aryl methyl sites for hydroxylation is 2. The Morgan fingerprint density at radius 3 is 2.45 bits per heavy atom. The van der Waals surface area contributed by atoms with Gasteiger partial charge in [0.05, 0.1) is 10.6 Å². The zero-order valence-electron chi connectivity index (χ0n) is 26.3. The smallest absolute Gasteiger partial charge is 0.264 e. The van der Waals surface area contributed by atoms with Crippen molar-refractivity contribution in [2.75, 3.05) is 18.4 Å². The van der Waals surface area contributed by atoms with Crippen molar-refractivity contribution in [3.05, 3.63) is 65.2 Å². The van der Waals surface area contributed by atoms with Gasteiger partial charge in [-0.1, -0.05) is 44.2 Å². The first-order valence-corrected chi connectivity index (χ1v) is 17.1. The van der Waals surface area contributed by atoms with E-state index >= 15 is 0 Å². The Morgan fingerprint density at radius 2 is 1.77 bits per heavy atom. The number of anilines is 1. The summed E-state index contributed by atoms with van der Waals surface area (Å²) in [5, 5.41) is 2.80. The lowest BCUT2D eigenvalue weighted by Crippen LogP contribution is -2.60. The van der Waals surface area contributed by atoms with Gasteiger partial charge in [-0.2, -0.15) is 4.98 Å². The van der Waals surface area contributed by atoms with Gasteiger partial charge >= 0.3 is 0 Å². The second-order valence-corrected chi connectivity index (χ2v) is 15.2. The van der Waals surface area contributed by atoms with Gasteiger partial charge in [-0.25, -0.2) is 18.1 Å². The molecular formula is C34H43N5O4S. The molecule has 1 spiro atoms. The van der Waals surface area contributed by atoms with Crippen LogP contribution in [0.25, 0.3) is 11.3 Å². The summed E-state index contributed by atoms with van der Waals surface area (Å²) >= 11 is 0. The number of hydrogen-bond donors (Lipinski definition) is 2. The van der Waals surface area contributed by atoms with Crippen LogP contribution in [-0.2, 0) is 21.4 Å². The van der Waals surface area contributed by atoms with Crippen LogP contribution >= 0.6 is 0 Å². The maximum absolute atomic E-state index is 13.6. The van der Waals surface area contributed by atoms with E-state index in [0.717, 1.165) is 54.4 Å². The number of ether oxygens (including phenoxy) is 1. The van der Waals surface area contributed by atoms with Crippen LogP contribution in [0.5, 0.6) is 5.88 Å². The van der Waals surface area contributed by atoms with Crippen molar-refractivity contribution < 1.29 is 17.9 Å². The van der Waals surface area contributed by atoms with Crippen LogP contribution in [-0.4, -0.2) is 54.9 Å². The monoisotopic (exact) mass is 617 g/mol. The summed E-state index contributed by atoms with van der Waals surface area (Å²) in [5.74, 6) is 1.00. The van der Waals surface area contributed by atoms with Crippen molar-refractivity contribution in [1.82, 2.24) is 20.2 Å². The number of nitrogens with one attached hydrogen (secondary N) is 2. The molecule has 1 atom stereocenters. The van der Waals surface area contributed by atoms with Crippen LogP contribution in [0.1, 0.15) is 62.6 Å². The van der Waals surface area contributed by atoms with Crippen LogP contribution < -0.4 is 14.8 Å². The van der Waals surface area contributed by atoms with E-state index in [4.69, 9.17) is 4.74 Å². The number of rotatable bonds is 5. The molecule has 0 unspecified atom stereocenters. The van der Waals surface area contributed by atoms with Crippen LogP contribution in [0, 0.1) is 31.1 Å². The Hall–Kier alpha value is -3.50. The SMILES string of the molecule is CNC(=O)C1CC2(C1)CC(N1Cc3cccc(c3)S(=O)(=O)Nc3nc(cc(-c4c(C)cccc4C)n3)OC[C@H]1CC(C)C)C2. The molecule has 2 N–H and O–H groups in total. The van der Waals surface area contributed by atoms with Gasteiger partial charge in [0.25, 0.3) is 10.0 Å². The minimum Gasteiger partial charge on any atom is -0.476 e. The predicted molar refractivity (Wildman–Crippen MR) is 171 cm³/mol. The molecule has 2 fully saturated rings. The van der Waals surface area contributed by atoms with E-state index in [1.165, 1.54) is 0 Å². The molecule has 3 aromatic rings. The van der Waals surface area contributed by atoms with Gasteiger partial charge in [0, 0.05) is 43.2 Å². The van der Waals surface area contributed by atoms with E-state index in [-0.39, 0.29) is 34.1 Å². The van der Waals surface area contributed by atoms with Crippen molar-refractivity contribution in [3.8, 4) is 17.1 Å². The molecule has 234 valence electrons. The molecule has 2 heterocycles. The number of nitrogens with zero attached hydrogens (tertiary/aromatic N) is 3. The quantitative estimate of drug-likeness (QED) is 0.390. The Kier molecular flexibility index (Phi) is 8.17. The first kappa shape index (κ1) is 30.5. The van der Waals surface area contributed by atoms with Gasteiger partial charge < -0.3 is 10.1 Å². The first-order valence-electron chi connectivity index (χ1n) is 15.6. The van der Waals surface area contributed by atoms with Gasteiger partial charge in [0.1, 0.15) is 6.61 Å². The topological polar surface area (TPSA) is 114 Å². The molecule has 9 nitrogen and oxygen atoms in total.